The minimum Gasteiger partial charge on any atom is -0.459 e. The number of likely N-dealkylation sites (N-methyl/N-ethyl adjacent to an activating group) is 1. The Hall–Kier alpha value is -3.65. The van der Waals surface area contributed by atoms with Crippen LogP contribution in [-0.2, 0) is 14.9 Å². The van der Waals surface area contributed by atoms with Gasteiger partial charge < -0.3 is 19.4 Å². The Morgan fingerprint density at radius 3 is 2.62 bits per heavy atom. The van der Waals surface area contributed by atoms with Crippen molar-refractivity contribution in [3.05, 3.63) is 82.8 Å². The maximum Gasteiger partial charge on any atom is 0.348 e. The number of para-hydroxylation sites is 1. The number of nitrogens with one attached hydrogen (secondary N) is 1. The summed E-state index contributed by atoms with van der Waals surface area (Å²) in [7, 11) is 1.92. The molecule has 0 spiro atoms. The van der Waals surface area contributed by atoms with Gasteiger partial charge in [-0.15, -0.1) is 11.3 Å². The van der Waals surface area contributed by atoms with E-state index in [1.54, 1.807) is 18.2 Å². The number of carbonyl (C=O) groups excluding carboxylic acids is 3. The van der Waals surface area contributed by atoms with Crippen LogP contribution in [0.4, 0.5) is 10.7 Å². The maximum absolute atomic E-state index is 12.6. The molecule has 2 aromatic heterocycles. The first kappa shape index (κ1) is 21.6. The maximum atomic E-state index is 12.6. The summed E-state index contributed by atoms with van der Waals surface area (Å²) in [6.07, 6.45) is 2.94. The van der Waals surface area contributed by atoms with E-state index in [1.165, 1.54) is 18.4 Å². The van der Waals surface area contributed by atoms with Crippen molar-refractivity contribution >= 4 is 39.7 Å². The summed E-state index contributed by atoms with van der Waals surface area (Å²) in [5.41, 5.74) is 2.70. The second-order valence-corrected chi connectivity index (χ2v) is 8.95. The number of allylic oxidation sites excluding steroid dienone is 1. The van der Waals surface area contributed by atoms with E-state index < -0.39 is 11.9 Å². The second kappa shape index (κ2) is 8.47. The quantitative estimate of drug-likeness (QED) is 0.435. The Balaban J connectivity index is 1.37. The molecule has 1 aliphatic heterocycles. The van der Waals surface area contributed by atoms with Crippen molar-refractivity contribution < 1.29 is 23.5 Å². The van der Waals surface area contributed by atoms with Crippen molar-refractivity contribution in [2.75, 3.05) is 23.9 Å². The van der Waals surface area contributed by atoms with Crippen LogP contribution in [0.15, 0.2) is 71.0 Å². The number of esters is 1. The van der Waals surface area contributed by atoms with Crippen LogP contribution in [-0.4, -0.2) is 31.3 Å². The first-order chi connectivity index (χ1) is 15.3. The van der Waals surface area contributed by atoms with Gasteiger partial charge in [0.1, 0.15) is 4.88 Å². The van der Waals surface area contributed by atoms with Gasteiger partial charge in [0, 0.05) is 29.9 Å². The minimum absolute atomic E-state index is 0.170. The zero-order chi connectivity index (χ0) is 22.9. The molecule has 0 bridgehead atoms. The highest BCUT2D eigenvalue weighted by molar-refractivity contribution is 7.18. The molecule has 3 aromatic rings. The van der Waals surface area contributed by atoms with Crippen molar-refractivity contribution in [2.45, 2.75) is 19.3 Å². The second-order valence-electron chi connectivity index (χ2n) is 7.87. The third-order valence-electron chi connectivity index (χ3n) is 5.37. The molecule has 4 rings (SSSR count). The Bertz CT molecular complexity index is 1210. The Morgan fingerprint density at radius 1 is 1.12 bits per heavy atom. The van der Waals surface area contributed by atoms with Crippen LogP contribution in [0.3, 0.4) is 0 Å². The van der Waals surface area contributed by atoms with E-state index in [9.17, 15) is 14.4 Å². The van der Waals surface area contributed by atoms with Gasteiger partial charge in [-0.3, -0.25) is 9.59 Å². The molecule has 0 saturated carbocycles. The normalized spacial score (nSPS) is 15.5. The molecule has 8 heteroatoms. The molecule has 1 amide bonds. The Kier molecular flexibility index (Phi) is 5.71. The number of amides is 1. The van der Waals surface area contributed by atoms with Crippen molar-refractivity contribution in [1.29, 1.82) is 0 Å². The van der Waals surface area contributed by atoms with Gasteiger partial charge in [0.2, 0.25) is 0 Å². The van der Waals surface area contributed by atoms with Crippen LogP contribution < -0.4 is 10.2 Å². The summed E-state index contributed by atoms with van der Waals surface area (Å²) in [6.45, 7) is 3.75. The molecule has 3 heterocycles. The number of rotatable bonds is 6. The number of carbonyl (C=O) groups is 3. The van der Waals surface area contributed by atoms with Crippen LogP contribution >= 0.6 is 11.3 Å². The molecule has 7 nitrogen and oxygen atoms in total. The van der Waals surface area contributed by atoms with Gasteiger partial charge in [-0.2, -0.15) is 0 Å². The van der Waals surface area contributed by atoms with E-state index in [-0.39, 0.29) is 28.4 Å². The number of anilines is 2. The fraction of sp³-hybridized carbons (Fsp3) is 0.208. The standard InChI is InChI=1S/C24H22N2O5S/c1-24(2)16-7-4-5-8-17(16)26(3)20(24)13-15(27)14-31-23(29)19-10-11-21(32-19)25-22(28)18-9-6-12-30-18/h4-13H,14H2,1-3H3,(H,25,28). The van der Waals surface area contributed by atoms with Gasteiger partial charge in [0.25, 0.3) is 5.91 Å². The summed E-state index contributed by atoms with van der Waals surface area (Å²) in [5, 5.41) is 3.12. The third-order valence-corrected chi connectivity index (χ3v) is 6.35. The molecule has 0 radical (unpaired) electrons. The number of nitrogens with zero attached hydrogens (tertiary/aromatic N) is 1. The average molecular weight is 451 g/mol. The SMILES string of the molecule is CN1C(=CC(=O)COC(=O)c2ccc(NC(=O)c3ccco3)s2)C(C)(C)c2ccccc21. The van der Waals surface area contributed by atoms with Crippen LogP contribution in [0.25, 0.3) is 0 Å². The van der Waals surface area contributed by atoms with Crippen LogP contribution in [0.2, 0.25) is 0 Å². The average Bonchev–Trinajstić information content (AvgIpc) is 3.50. The van der Waals surface area contributed by atoms with Gasteiger partial charge in [-0.05, 0) is 35.9 Å². The predicted molar refractivity (Wildman–Crippen MR) is 122 cm³/mol. The van der Waals surface area contributed by atoms with Crippen LogP contribution in [0.5, 0.6) is 0 Å². The molecule has 0 atom stereocenters. The summed E-state index contributed by atoms with van der Waals surface area (Å²) in [4.78, 5) is 39.2. The molecule has 0 fully saturated rings. The van der Waals surface area contributed by atoms with E-state index in [1.807, 2.05) is 30.1 Å². The number of hydrogen-bond donors (Lipinski definition) is 1. The Labute approximate surface area is 189 Å². The van der Waals surface area contributed by atoms with Gasteiger partial charge >= 0.3 is 5.97 Å². The molecule has 0 aliphatic carbocycles. The minimum atomic E-state index is -0.623. The van der Waals surface area contributed by atoms with Crippen molar-refractivity contribution in [3.63, 3.8) is 0 Å². The summed E-state index contributed by atoms with van der Waals surface area (Å²) >= 11 is 1.06. The van der Waals surface area contributed by atoms with Gasteiger partial charge in [0.15, 0.2) is 18.2 Å². The third kappa shape index (κ3) is 4.09. The number of hydrogen-bond acceptors (Lipinski definition) is 7. The van der Waals surface area contributed by atoms with Crippen LogP contribution in [0, 0.1) is 0 Å². The number of benzene rings is 1. The van der Waals surface area contributed by atoms with E-state index in [2.05, 4.69) is 25.2 Å². The molecule has 32 heavy (non-hydrogen) atoms. The zero-order valence-electron chi connectivity index (χ0n) is 17.9. The molecule has 1 N–H and O–H groups in total. The van der Waals surface area contributed by atoms with E-state index in [4.69, 9.17) is 9.15 Å². The highest BCUT2D eigenvalue weighted by Crippen LogP contribution is 2.46. The zero-order valence-corrected chi connectivity index (χ0v) is 18.7. The molecular weight excluding hydrogens is 428 g/mol. The number of ketones is 1. The molecule has 164 valence electrons. The van der Waals surface area contributed by atoms with Gasteiger partial charge in [-0.1, -0.05) is 32.0 Å². The Morgan fingerprint density at radius 2 is 1.91 bits per heavy atom. The molecule has 1 aromatic carbocycles. The van der Waals surface area contributed by atoms with Crippen molar-refractivity contribution in [3.8, 4) is 0 Å². The lowest BCUT2D eigenvalue weighted by atomic mass is 9.83. The lowest BCUT2D eigenvalue weighted by Crippen LogP contribution is -2.25. The molecular formula is C24H22N2O5S. The number of thiophene rings is 1. The van der Waals surface area contributed by atoms with Gasteiger partial charge in [0.05, 0.1) is 11.3 Å². The summed E-state index contributed by atoms with van der Waals surface area (Å²) in [6, 6.07) is 14.3. The van der Waals surface area contributed by atoms with Gasteiger partial charge in [-0.25, -0.2) is 4.79 Å². The number of furan rings is 1. The molecule has 1 aliphatic rings. The number of fused-ring (bicyclic) bond motifs is 1. The largest absolute Gasteiger partial charge is 0.459 e. The highest BCUT2D eigenvalue weighted by Gasteiger charge is 2.38. The smallest absolute Gasteiger partial charge is 0.348 e. The number of ether oxygens (including phenoxy) is 1. The van der Waals surface area contributed by atoms with Crippen molar-refractivity contribution in [1.82, 2.24) is 0 Å². The fourth-order valence-electron chi connectivity index (χ4n) is 3.76. The lowest BCUT2D eigenvalue weighted by Gasteiger charge is -2.23. The summed E-state index contributed by atoms with van der Waals surface area (Å²) < 4.78 is 10.2. The molecule has 0 unspecified atom stereocenters. The first-order valence-corrected chi connectivity index (χ1v) is 10.8. The van der Waals surface area contributed by atoms with Crippen molar-refractivity contribution in [2.24, 2.45) is 0 Å². The van der Waals surface area contributed by atoms with E-state index in [0.29, 0.717) is 5.00 Å². The highest BCUT2D eigenvalue weighted by atomic mass is 32.1. The van der Waals surface area contributed by atoms with E-state index in [0.717, 1.165) is 28.3 Å². The monoisotopic (exact) mass is 450 g/mol. The summed E-state index contributed by atoms with van der Waals surface area (Å²) in [5.74, 6) is -1.17. The molecule has 0 saturated heterocycles. The van der Waals surface area contributed by atoms with Crippen LogP contribution in [0.1, 0.15) is 39.6 Å². The topological polar surface area (TPSA) is 88.9 Å². The fourth-order valence-corrected chi connectivity index (χ4v) is 4.55. The predicted octanol–water partition coefficient (Wildman–Crippen LogP) is 4.63. The first-order valence-electron chi connectivity index (χ1n) is 9.97. The lowest BCUT2D eigenvalue weighted by molar-refractivity contribution is -0.117. The van der Waals surface area contributed by atoms with E-state index >= 15 is 0 Å².